The Morgan fingerprint density at radius 3 is 2.12 bits per heavy atom. The number of allylic oxidation sites excluding steroid dienone is 1. The van der Waals surface area contributed by atoms with Crippen LogP contribution in [0.3, 0.4) is 0 Å². The van der Waals surface area contributed by atoms with Gasteiger partial charge in [0.25, 0.3) is 0 Å². The molecule has 0 aromatic heterocycles. The molecule has 2 aromatic rings. The first-order chi connectivity index (χ1) is 11.8. The van der Waals surface area contributed by atoms with Crippen molar-refractivity contribution in [2.75, 3.05) is 0 Å². The van der Waals surface area contributed by atoms with Crippen LogP contribution in [0.25, 0.3) is 5.57 Å². The van der Waals surface area contributed by atoms with Gasteiger partial charge in [-0.3, -0.25) is 0 Å². The van der Waals surface area contributed by atoms with Gasteiger partial charge >= 0.3 is 0 Å². The monoisotopic (exact) mass is 344 g/mol. The molecule has 0 aliphatic rings. The highest BCUT2D eigenvalue weighted by molar-refractivity contribution is 5.78. The maximum absolute atomic E-state index is 12.6. The molecule has 0 heterocycles. The maximum atomic E-state index is 12.6. The van der Waals surface area contributed by atoms with Gasteiger partial charge in [-0.1, -0.05) is 43.3 Å². The number of carbonyl (C=O) groups excluding carboxylic acids is 1. The molecule has 0 saturated carbocycles. The molecule has 134 valence electrons. The highest BCUT2D eigenvalue weighted by Gasteiger charge is 2.05. The summed E-state index contributed by atoms with van der Waals surface area (Å²) in [7, 11) is 0. The topological polar surface area (TPSA) is 17.1 Å². The Labute approximate surface area is 149 Å². The van der Waals surface area contributed by atoms with Crippen molar-refractivity contribution in [2.45, 2.75) is 47.0 Å². The van der Waals surface area contributed by atoms with E-state index in [0.29, 0.717) is 12.8 Å². The minimum Gasteiger partial charge on any atom is -0.300 e. The smallest absolute Gasteiger partial charge is 0.130 e. The molecule has 0 spiro atoms. The van der Waals surface area contributed by atoms with Crippen molar-refractivity contribution in [3.8, 4) is 0 Å². The highest BCUT2D eigenvalue weighted by Crippen LogP contribution is 2.22. The van der Waals surface area contributed by atoms with Crippen LogP contribution in [-0.2, 0) is 11.2 Å². The highest BCUT2D eigenvalue weighted by atomic mass is 19.1. The van der Waals surface area contributed by atoms with Gasteiger partial charge in [-0.25, -0.2) is 8.78 Å². The number of ketones is 1. The van der Waals surface area contributed by atoms with Gasteiger partial charge in [-0.15, -0.1) is 0 Å². The summed E-state index contributed by atoms with van der Waals surface area (Å²) >= 11 is 0. The van der Waals surface area contributed by atoms with E-state index >= 15 is 0 Å². The largest absolute Gasteiger partial charge is 0.300 e. The first-order valence-corrected chi connectivity index (χ1v) is 8.44. The van der Waals surface area contributed by atoms with Crippen LogP contribution in [0, 0.1) is 25.5 Å². The van der Waals surface area contributed by atoms with Crippen molar-refractivity contribution < 1.29 is 13.6 Å². The summed E-state index contributed by atoms with van der Waals surface area (Å²) in [4.78, 5) is 10.9. The van der Waals surface area contributed by atoms with Gasteiger partial charge in [0.05, 0.1) is 0 Å². The number of hydrogen-bond donors (Lipinski definition) is 0. The maximum Gasteiger partial charge on any atom is 0.130 e. The predicted octanol–water partition coefficient (Wildman–Crippen LogP) is 6.21. The fourth-order valence-corrected chi connectivity index (χ4v) is 2.45. The zero-order valence-electron chi connectivity index (χ0n) is 15.5. The van der Waals surface area contributed by atoms with Crippen molar-refractivity contribution in [1.29, 1.82) is 0 Å². The van der Waals surface area contributed by atoms with Crippen LogP contribution in [-0.4, -0.2) is 5.78 Å². The third-order valence-corrected chi connectivity index (χ3v) is 3.97. The van der Waals surface area contributed by atoms with Crippen LogP contribution in [0.2, 0.25) is 0 Å². The Kier molecular flexibility index (Phi) is 8.20. The molecule has 0 amide bonds. The summed E-state index contributed by atoms with van der Waals surface area (Å²) in [6.45, 7) is 11.5. The van der Waals surface area contributed by atoms with E-state index in [4.69, 9.17) is 0 Å². The third kappa shape index (κ3) is 6.61. The first-order valence-electron chi connectivity index (χ1n) is 8.44. The molecule has 0 bridgehead atoms. The summed E-state index contributed by atoms with van der Waals surface area (Å²) in [5, 5.41) is 0. The molecule has 3 heteroatoms. The molecule has 0 radical (unpaired) electrons. The molecule has 0 fully saturated rings. The zero-order chi connectivity index (χ0) is 19.0. The number of hydrogen-bond acceptors (Lipinski definition) is 1. The Bertz CT molecular complexity index is 727. The van der Waals surface area contributed by atoms with E-state index in [0.717, 1.165) is 12.0 Å². The van der Waals surface area contributed by atoms with E-state index in [1.807, 2.05) is 0 Å². The molecular weight excluding hydrogens is 318 g/mol. The quantitative estimate of drug-likeness (QED) is 0.630. The van der Waals surface area contributed by atoms with E-state index in [-0.39, 0.29) is 11.3 Å². The number of halogens is 2. The second-order valence-electron chi connectivity index (χ2n) is 6.18. The standard InChI is InChI=1S/C14H18O.C8H8F2/c1-10-5-6-11(2)14(9-10)12(3)7-8-13(4)15;1-2-6-7(9)4-3-5-8(6)10/h5-6,9H,3,7-8H2,1-2,4H3;3-5H,2H2,1H3. The van der Waals surface area contributed by atoms with Gasteiger partial charge in [0.1, 0.15) is 17.4 Å². The summed E-state index contributed by atoms with van der Waals surface area (Å²) in [5.41, 5.74) is 4.89. The van der Waals surface area contributed by atoms with Crippen molar-refractivity contribution in [2.24, 2.45) is 0 Å². The molecular formula is C22H26F2O. The van der Waals surface area contributed by atoms with E-state index < -0.39 is 11.6 Å². The lowest BCUT2D eigenvalue weighted by Gasteiger charge is -2.09. The van der Waals surface area contributed by atoms with Crippen LogP contribution < -0.4 is 0 Å². The van der Waals surface area contributed by atoms with E-state index in [2.05, 4.69) is 38.6 Å². The Hall–Kier alpha value is -2.29. The normalized spacial score (nSPS) is 10.0. The van der Waals surface area contributed by atoms with Crippen LogP contribution in [0.4, 0.5) is 8.78 Å². The lowest BCUT2D eigenvalue weighted by molar-refractivity contribution is -0.116. The summed E-state index contributed by atoms with van der Waals surface area (Å²) in [6, 6.07) is 10.2. The minimum atomic E-state index is -0.456. The van der Waals surface area contributed by atoms with Crippen molar-refractivity contribution >= 4 is 11.4 Å². The lowest BCUT2D eigenvalue weighted by Crippen LogP contribution is -1.93. The Balaban J connectivity index is 0.000000271. The number of benzene rings is 2. The summed E-state index contributed by atoms with van der Waals surface area (Å²) < 4.78 is 25.2. The SMILES string of the molecule is C=C(CCC(C)=O)c1cc(C)ccc1C.CCc1c(F)cccc1F. The second kappa shape index (κ2) is 9.87. The molecule has 2 aromatic carbocycles. The van der Waals surface area contributed by atoms with Gasteiger partial charge in [0, 0.05) is 12.0 Å². The third-order valence-electron chi connectivity index (χ3n) is 3.97. The van der Waals surface area contributed by atoms with E-state index in [9.17, 15) is 13.6 Å². The van der Waals surface area contributed by atoms with Crippen molar-refractivity contribution in [3.63, 3.8) is 0 Å². The van der Waals surface area contributed by atoms with Gasteiger partial charge in [-0.05, 0) is 62.4 Å². The van der Waals surface area contributed by atoms with Gasteiger partial charge < -0.3 is 4.79 Å². The van der Waals surface area contributed by atoms with Crippen LogP contribution >= 0.6 is 0 Å². The zero-order valence-corrected chi connectivity index (χ0v) is 15.5. The van der Waals surface area contributed by atoms with Crippen LogP contribution in [0.5, 0.6) is 0 Å². The second-order valence-corrected chi connectivity index (χ2v) is 6.18. The molecule has 2 rings (SSSR count). The summed E-state index contributed by atoms with van der Waals surface area (Å²) in [6.07, 6.45) is 1.75. The fourth-order valence-electron chi connectivity index (χ4n) is 2.45. The minimum absolute atomic E-state index is 0.169. The number of aryl methyl sites for hydroxylation is 2. The molecule has 0 unspecified atom stereocenters. The average Bonchev–Trinajstić information content (AvgIpc) is 2.55. The first kappa shape index (κ1) is 20.8. The molecule has 0 saturated heterocycles. The Morgan fingerprint density at radius 1 is 1.04 bits per heavy atom. The number of Topliss-reactive ketones (excluding diaryl/α,β-unsaturated/α-hetero) is 1. The molecule has 0 N–H and O–H groups in total. The molecule has 0 aliphatic carbocycles. The van der Waals surface area contributed by atoms with E-state index in [1.54, 1.807) is 13.8 Å². The number of carbonyl (C=O) groups is 1. The van der Waals surface area contributed by atoms with Gasteiger partial charge in [0.15, 0.2) is 0 Å². The van der Waals surface area contributed by atoms with Gasteiger partial charge in [-0.2, -0.15) is 0 Å². The molecule has 1 nitrogen and oxygen atoms in total. The molecule has 25 heavy (non-hydrogen) atoms. The lowest BCUT2D eigenvalue weighted by atomic mass is 9.96. The van der Waals surface area contributed by atoms with Crippen LogP contribution in [0.15, 0.2) is 43.0 Å². The average molecular weight is 344 g/mol. The van der Waals surface area contributed by atoms with Crippen molar-refractivity contribution in [3.05, 3.63) is 76.9 Å². The molecule has 0 aliphatic heterocycles. The van der Waals surface area contributed by atoms with Crippen molar-refractivity contribution in [1.82, 2.24) is 0 Å². The van der Waals surface area contributed by atoms with Gasteiger partial charge in [0.2, 0.25) is 0 Å². The van der Waals surface area contributed by atoms with Crippen LogP contribution in [0.1, 0.15) is 48.9 Å². The summed E-state index contributed by atoms with van der Waals surface area (Å²) in [5.74, 6) is -0.688. The Morgan fingerprint density at radius 2 is 1.64 bits per heavy atom. The number of rotatable bonds is 5. The predicted molar refractivity (Wildman–Crippen MR) is 101 cm³/mol. The fraction of sp³-hybridized carbons (Fsp3) is 0.318. The molecule has 0 atom stereocenters. The van der Waals surface area contributed by atoms with E-state index in [1.165, 1.54) is 34.9 Å².